The number of nitrogens with one attached hydrogen (secondary N) is 2. The van der Waals surface area contributed by atoms with Gasteiger partial charge in [0, 0.05) is 35.1 Å². The molecule has 0 unspecified atom stereocenters. The molecule has 0 radical (unpaired) electrons. The van der Waals surface area contributed by atoms with Crippen molar-refractivity contribution < 1.29 is 18.9 Å². The highest BCUT2D eigenvalue weighted by Crippen LogP contribution is 2.35. The Kier molecular flexibility index (Phi) is 5.20. The van der Waals surface area contributed by atoms with Crippen LogP contribution >= 0.6 is 0 Å². The number of hydrogen-bond acceptors (Lipinski definition) is 8. The lowest BCUT2D eigenvalue weighted by atomic mass is 10.0. The van der Waals surface area contributed by atoms with E-state index < -0.39 is 0 Å². The van der Waals surface area contributed by atoms with E-state index in [1.54, 1.807) is 20.4 Å². The largest absolute Gasteiger partial charge is 0.497 e. The van der Waals surface area contributed by atoms with Gasteiger partial charge in [-0.05, 0) is 36.4 Å². The highest BCUT2D eigenvalue weighted by atomic mass is 16.6. The molecule has 9 heteroatoms. The lowest BCUT2D eigenvalue weighted by molar-refractivity contribution is 0.171. The minimum Gasteiger partial charge on any atom is -0.497 e. The third-order valence-corrected chi connectivity index (χ3v) is 4.97. The molecule has 3 heterocycles. The molecular weight excluding hydrogens is 410 g/mol. The monoisotopic (exact) mass is 431 g/mol. The summed E-state index contributed by atoms with van der Waals surface area (Å²) in [5, 5.41) is 10.5. The topological polar surface area (TPSA) is 103 Å². The normalized spacial score (nSPS) is 12.3. The van der Waals surface area contributed by atoms with E-state index in [0.717, 1.165) is 28.3 Å². The van der Waals surface area contributed by atoms with Gasteiger partial charge in [-0.2, -0.15) is 4.98 Å². The number of aromatic amines is 1. The van der Waals surface area contributed by atoms with Crippen LogP contribution in [0.1, 0.15) is 0 Å². The minimum atomic E-state index is 0.426. The number of anilines is 2. The van der Waals surface area contributed by atoms with Gasteiger partial charge in [-0.25, -0.2) is 0 Å². The number of hydrogen-bond donors (Lipinski definition) is 2. The van der Waals surface area contributed by atoms with Crippen molar-refractivity contribution in [3.63, 3.8) is 0 Å². The van der Waals surface area contributed by atoms with Gasteiger partial charge in [-0.1, -0.05) is 0 Å². The smallest absolute Gasteiger partial charge is 0.246 e. The lowest BCUT2D eigenvalue weighted by Gasteiger charge is -2.18. The van der Waals surface area contributed by atoms with E-state index in [2.05, 4.69) is 25.5 Å². The van der Waals surface area contributed by atoms with Crippen molar-refractivity contribution in [3.05, 3.63) is 54.7 Å². The molecule has 0 fully saturated rings. The number of pyridine rings is 1. The number of fused-ring (bicyclic) bond motifs is 1. The van der Waals surface area contributed by atoms with Crippen LogP contribution in [0, 0.1) is 0 Å². The number of ether oxygens (including phenoxy) is 4. The van der Waals surface area contributed by atoms with Crippen LogP contribution in [0.3, 0.4) is 0 Å². The summed E-state index contributed by atoms with van der Waals surface area (Å²) in [6, 6.07) is 15.0. The lowest BCUT2D eigenvalue weighted by Crippen LogP contribution is -2.15. The third kappa shape index (κ3) is 3.87. The molecule has 0 aliphatic carbocycles. The Hall–Kier alpha value is -4.27. The summed E-state index contributed by atoms with van der Waals surface area (Å²) in [4.78, 5) is 9.17. The zero-order chi connectivity index (χ0) is 21.9. The predicted octanol–water partition coefficient (Wildman–Crippen LogP) is 4.07. The SMILES string of the molecule is COc1cc(OC)cc(-c2ncccc2-c2nc(Nc3ccc4c(c3)OCCO4)n[nH]2)c1. The van der Waals surface area contributed by atoms with Crippen LogP contribution in [-0.4, -0.2) is 47.6 Å². The first-order valence-corrected chi connectivity index (χ1v) is 10.0. The summed E-state index contributed by atoms with van der Waals surface area (Å²) >= 11 is 0. The van der Waals surface area contributed by atoms with Crippen LogP contribution in [0.5, 0.6) is 23.0 Å². The molecule has 0 bridgehead atoms. The zero-order valence-corrected chi connectivity index (χ0v) is 17.6. The van der Waals surface area contributed by atoms with Gasteiger partial charge in [0.15, 0.2) is 17.3 Å². The molecule has 0 amide bonds. The molecule has 9 nitrogen and oxygen atoms in total. The van der Waals surface area contributed by atoms with Gasteiger partial charge in [0.05, 0.1) is 19.9 Å². The van der Waals surface area contributed by atoms with Crippen molar-refractivity contribution in [3.8, 4) is 45.6 Å². The molecule has 162 valence electrons. The summed E-state index contributed by atoms with van der Waals surface area (Å²) in [5.41, 5.74) is 3.16. The molecular formula is C23H21N5O4. The van der Waals surface area contributed by atoms with Gasteiger partial charge in [0.2, 0.25) is 5.95 Å². The second-order valence-electron chi connectivity index (χ2n) is 6.99. The fourth-order valence-corrected chi connectivity index (χ4v) is 3.46. The van der Waals surface area contributed by atoms with Gasteiger partial charge in [0.25, 0.3) is 0 Å². The molecule has 0 saturated carbocycles. The average Bonchev–Trinajstić information content (AvgIpc) is 3.32. The highest BCUT2D eigenvalue weighted by molar-refractivity contribution is 5.79. The van der Waals surface area contributed by atoms with Crippen LogP contribution in [0.25, 0.3) is 22.6 Å². The first-order valence-electron chi connectivity index (χ1n) is 10.0. The second kappa shape index (κ2) is 8.46. The number of H-pyrrole nitrogens is 1. The van der Waals surface area contributed by atoms with Gasteiger partial charge in [-0.15, -0.1) is 5.10 Å². The maximum atomic E-state index is 5.64. The van der Waals surface area contributed by atoms with Crippen LogP contribution < -0.4 is 24.3 Å². The van der Waals surface area contributed by atoms with Crippen molar-refractivity contribution in [2.75, 3.05) is 32.8 Å². The van der Waals surface area contributed by atoms with Crippen molar-refractivity contribution in [2.45, 2.75) is 0 Å². The Bertz CT molecular complexity index is 1230. The Morgan fingerprint density at radius 1 is 0.938 bits per heavy atom. The Balaban J connectivity index is 1.45. The van der Waals surface area contributed by atoms with Gasteiger partial charge in [0.1, 0.15) is 24.7 Å². The third-order valence-electron chi connectivity index (χ3n) is 4.97. The van der Waals surface area contributed by atoms with E-state index in [4.69, 9.17) is 18.9 Å². The quantitative estimate of drug-likeness (QED) is 0.471. The van der Waals surface area contributed by atoms with E-state index in [0.29, 0.717) is 42.2 Å². The number of methoxy groups -OCH3 is 2. The number of aromatic nitrogens is 4. The molecule has 2 N–H and O–H groups in total. The summed E-state index contributed by atoms with van der Waals surface area (Å²) in [6.07, 6.45) is 1.73. The van der Waals surface area contributed by atoms with Crippen LogP contribution in [0.2, 0.25) is 0 Å². The minimum absolute atomic E-state index is 0.426. The number of benzene rings is 2. The van der Waals surface area contributed by atoms with Gasteiger partial charge >= 0.3 is 0 Å². The molecule has 1 aliphatic rings. The van der Waals surface area contributed by atoms with Crippen molar-refractivity contribution in [2.24, 2.45) is 0 Å². The molecule has 0 atom stereocenters. The van der Waals surface area contributed by atoms with Gasteiger partial charge < -0.3 is 24.3 Å². The molecule has 2 aromatic heterocycles. The van der Waals surface area contributed by atoms with Crippen LogP contribution in [0.15, 0.2) is 54.7 Å². The van der Waals surface area contributed by atoms with E-state index in [-0.39, 0.29) is 0 Å². The number of nitrogens with zero attached hydrogens (tertiary/aromatic N) is 3. The van der Waals surface area contributed by atoms with E-state index in [1.807, 2.05) is 48.5 Å². The highest BCUT2D eigenvalue weighted by Gasteiger charge is 2.16. The van der Waals surface area contributed by atoms with Crippen molar-refractivity contribution in [1.29, 1.82) is 0 Å². The average molecular weight is 431 g/mol. The summed E-state index contributed by atoms with van der Waals surface area (Å²) in [7, 11) is 3.23. The maximum absolute atomic E-state index is 5.64. The van der Waals surface area contributed by atoms with Crippen molar-refractivity contribution >= 4 is 11.6 Å². The number of rotatable bonds is 6. The first kappa shape index (κ1) is 19.7. The van der Waals surface area contributed by atoms with E-state index in [1.165, 1.54) is 0 Å². The Morgan fingerprint density at radius 3 is 2.50 bits per heavy atom. The summed E-state index contributed by atoms with van der Waals surface area (Å²) in [6.45, 7) is 1.08. The molecule has 0 spiro atoms. The summed E-state index contributed by atoms with van der Waals surface area (Å²) in [5.74, 6) is 3.78. The molecule has 1 aliphatic heterocycles. The predicted molar refractivity (Wildman–Crippen MR) is 119 cm³/mol. The molecule has 5 rings (SSSR count). The van der Waals surface area contributed by atoms with Gasteiger partial charge in [-0.3, -0.25) is 10.1 Å². The van der Waals surface area contributed by atoms with Crippen LogP contribution in [0.4, 0.5) is 11.6 Å². The van der Waals surface area contributed by atoms with Crippen LogP contribution in [-0.2, 0) is 0 Å². The fraction of sp³-hybridized carbons (Fsp3) is 0.174. The fourth-order valence-electron chi connectivity index (χ4n) is 3.46. The molecule has 4 aromatic rings. The standard InChI is InChI=1S/C23H21N5O4/c1-29-16-10-14(11-17(13-16)30-2)21-18(4-3-7-24-21)22-26-23(28-27-22)25-15-5-6-19-20(12-15)32-9-8-31-19/h3-7,10-13H,8-9H2,1-2H3,(H2,25,26,27,28). The summed E-state index contributed by atoms with van der Waals surface area (Å²) < 4.78 is 22.0. The Labute approximate surface area is 184 Å². The van der Waals surface area contributed by atoms with Crippen molar-refractivity contribution in [1.82, 2.24) is 20.2 Å². The zero-order valence-electron chi connectivity index (χ0n) is 17.6. The first-order chi connectivity index (χ1) is 15.7. The molecule has 2 aromatic carbocycles. The molecule has 32 heavy (non-hydrogen) atoms. The molecule has 0 saturated heterocycles. The Morgan fingerprint density at radius 2 is 1.72 bits per heavy atom. The second-order valence-corrected chi connectivity index (χ2v) is 6.99. The van der Waals surface area contributed by atoms with E-state index in [9.17, 15) is 0 Å². The van der Waals surface area contributed by atoms with E-state index >= 15 is 0 Å². The maximum Gasteiger partial charge on any atom is 0.246 e.